The summed E-state index contributed by atoms with van der Waals surface area (Å²) in [5, 5.41) is 13.5. The highest BCUT2D eigenvalue weighted by Gasteiger charge is 2.18. The molecule has 0 atom stereocenters. The van der Waals surface area contributed by atoms with E-state index in [0.717, 1.165) is 0 Å². The number of para-hydroxylation sites is 2. The van der Waals surface area contributed by atoms with Crippen LogP contribution in [0.4, 0.5) is 11.4 Å². The van der Waals surface area contributed by atoms with E-state index in [0.29, 0.717) is 23.5 Å². The zero-order valence-electron chi connectivity index (χ0n) is 15.5. The Morgan fingerprint density at radius 2 is 1.93 bits per heavy atom. The van der Waals surface area contributed by atoms with E-state index in [-0.39, 0.29) is 11.4 Å². The molecule has 1 amide bonds. The first kappa shape index (κ1) is 20.6. The number of esters is 1. The Balaban J connectivity index is 1.95. The first-order valence-electron chi connectivity index (χ1n) is 8.53. The molecule has 2 aromatic rings. The van der Waals surface area contributed by atoms with Gasteiger partial charge in [-0.3, -0.25) is 14.9 Å². The van der Waals surface area contributed by atoms with Gasteiger partial charge in [-0.2, -0.15) is 0 Å². The van der Waals surface area contributed by atoms with Crippen LogP contribution in [0.25, 0.3) is 6.08 Å². The summed E-state index contributed by atoms with van der Waals surface area (Å²) in [5.74, 6) is -0.770. The van der Waals surface area contributed by atoms with E-state index < -0.39 is 23.4 Å². The zero-order chi connectivity index (χ0) is 20.5. The number of nitro groups is 1. The third-order valence-electron chi connectivity index (χ3n) is 3.68. The SMILES string of the molecule is CCOc1ccccc1/C=C/C(=O)OCC(=O)Nc1c(C)cccc1[N+](=O)[O-]. The maximum atomic E-state index is 12.0. The second-order valence-electron chi connectivity index (χ2n) is 5.69. The molecule has 8 heteroatoms. The molecule has 0 spiro atoms. The molecule has 1 N–H and O–H groups in total. The van der Waals surface area contributed by atoms with Gasteiger partial charge in [0.05, 0.1) is 11.5 Å². The predicted molar refractivity (Wildman–Crippen MR) is 104 cm³/mol. The number of benzene rings is 2. The molecule has 0 aromatic heterocycles. The zero-order valence-corrected chi connectivity index (χ0v) is 15.5. The minimum atomic E-state index is -0.722. The molecular weight excluding hydrogens is 364 g/mol. The fraction of sp³-hybridized carbons (Fsp3) is 0.200. The molecule has 2 aromatic carbocycles. The van der Waals surface area contributed by atoms with E-state index >= 15 is 0 Å². The number of aryl methyl sites for hydroxylation is 1. The Morgan fingerprint density at radius 1 is 1.18 bits per heavy atom. The van der Waals surface area contributed by atoms with Crippen LogP contribution in [0.15, 0.2) is 48.5 Å². The monoisotopic (exact) mass is 384 g/mol. The average Bonchev–Trinajstić information content (AvgIpc) is 2.67. The molecule has 146 valence electrons. The quantitative estimate of drug-likeness (QED) is 0.323. The molecule has 0 heterocycles. The molecule has 0 bridgehead atoms. The lowest BCUT2D eigenvalue weighted by Gasteiger charge is -2.09. The maximum Gasteiger partial charge on any atom is 0.331 e. The van der Waals surface area contributed by atoms with Crippen molar-refractivity contribution in [2.24, 2.45) is 0 Å². The van der Waals surface area contributed by atoms with Crippen LogP contribution in [0.5, 0.6) is 5.75 Å². The van der Waals surface area contributed by atoms with Gasteiger partial charge in [0, 0.05) is 17.7 Å². The lowest BCUT2D eigenvalue weighted by Crippen LogP contribution is -2.21. The predicted octanol–water partition coefficient (Wildman–Crippen LogP) is 3.50. The second kappa shape index (κ2) is 9.86. The molecule has 0 saturated heterocycles. The molecule has 0 saturated carbocycles. The number of ether oxygens (including phenoxy) is 2. The molecule has 0 aliphatic carbocycles. The van der Waals surface area contributed by atoms with Gasteiger partial charge < -0.3 is 14.8 Å². The number of anilines is 1. The topological polar surface area (TPSA) is 108 Å². The van der Waals surface area contributed by atoms with E-state index in [9.17, 15) is 19.7 Å². The van der Waals surface area contributed by atoms with Crippen LogP contribution in [0.1, 0.15) is 18.1 Å². The van der Waals surface area contributed by atoms with Crippen LogP contribution in [-0.2, 0) is 14.3 Å². The molecule has 8 nitrogen and oxygen atoms in total. The van der Waals surface area contributed by atoms with Gasteiger partial charge in [-0.05, 0) is 31.6 Å². The minimum Gasteiger partial charge on any atom is -0.493 e. The van der Waals surface area contributed by atoms with Crippen LogP contribution in [-0.4, -0.2) is 30.0 Å². The van der Waals surface area contributed by atoms with E-state index in [4.69, 9.17) is 9.47 Å². The number of hydrogen-bond donors (Lipinski definition) is 1. The minimum absolute atomic E-state index is 0.0785. The van der Waals surface area contributed by atoms with Gasteiger partial charge in [-0.25, -0.2) is 4.79 Å². The fourth-order valence-electron chi connectivity index (χ4n) is 2.39. The van der Waals surface area contributed by atoms with Crippen molar-refractivity contribution in [1.29, 1.82) is 0 Å². The summed E-state index contributed by atoms with van der Waals surface area (Å²) in [5.41, 5.74) is 1.07. The Bertz CT molecular complexity index is 907. The highest BCUT2D eigenvalue weighted by atomic mass is 16.6. The third kappa shape index (κ3) is 5.66. The van der Waals surface area contributed by atoms with Gasteiger partial charge >= 0.3 is 5.97 Å². The van der Waals surface area contributed by atoms with Crippen LogP contribution in [0, 0.1) is 17.0 Å². The second-order valence-corrected chi connectivity index (χ2v) is 5.69. The van der Waals surface area contributed by atoms with Crippen molar-refractivity contribution in [1.82, 2.24) is 0 Å². The average molecular weight is 384 g/mol. The third-order valence-corrected chi connectivity index (χ3v) is 3.68. The van der Waals surface area contributed by atoms with Crippen molar-refractivity contribution in [3.8, 4) is 5.75 Å². The number of carbonyl (C=O) groups is 2. The molecule has 0 aliphatic heterocycles. The molecule has 0 fully saturated rings. The molecule has 0 aliphatic rings. The number of nitrogens with one attached hydrogen (secondary N) is 1. The van der Waals surface area contributed by atoms with E-state index in [2.05, 4.69) is 5.32 Å². The Morgan fingerprint density at radius 3 is 2.64 bits per heavy atom. The van der Waals surface area contributed by atoms with Crippen LogP contribution >= 0.6 is 0 Å². The number of hydrogen-bond acceptors (Lipinski definition) is 6. The Kier molecular flexibility index (Phi) is 7.27. The van der Waals surface area contributed by atoms with Gasteiger partial charge in [0.1, 0.15) is 11.4 Å². The number of nitrogens with zero attached hydrogens (tertiary/aromatic N) is 1. The normalized spacial score (nSPS) is 10.5. The van der Waals surface area contributed by atoms with Gasteiger partial charge in [0.25, 0.3) is 11.6 Å². The lowest BCUT2D eigenvalue weighted by atomic mass is 10.1. The Hall–Kier alpha value is -3.68. The van der Waals surface area contributed by atoms with Gasteiger partial charge in [-0.15, -0.1) is 0 Å². The van der Waals surface area contributed by atoms with Crippen molar-refractivity contribution in [3.05, 3.63) is 69.8 Å². The number of carbonyl (C=O) groups excluding carboxylic acids is 2. The summed E-state index contributed by atoms with van der Waals surface area (Å²) in [6.45, 7) is 3.40. The summed E-state index contributed by atoms with van der Waals surface area (Å²) >= 11 is 0. The van der Waals surface area contributed by atoms with E-state index in [1.54, 1.807) is 31.2 Å². The lowest BCUT2D eigenvalue weighted by molar-refractivity contribution is -0.384. The van der Waals surface area contributed by atoms with Crippen molar-refractivity contribution in [3.63, 3.8) is 0 Å². The first-order chi connectivity index (χ1) is 13.4. The van der Waals surface area contributed by atoms with E-state index in [1.807, 2.05) is 13.0 Å². The molecular formula is C20H20N2O6. The van der Waals surface area contributed by atoms with Gasteiger partial charge in [0.15, 0.2) is 6.61 Å². The number of nitro benzene ring substituents is 1. The molecule has 0 radical (unpaired) electrons. The number of rotatable bonds is 8. The first-order valence-corrected chi connectivity index (χ1v) is 8.53. The van der Waals surface area contributed by atoms with Crippen molar-refractivity contribution >= 4 is 29.3 Å². The molecule has 0 unspecified atom stereocenters. The summed E-state index contributed by atoms with van der Waals surface area (Å²) < 4.78 is 10.3. The highest BCUT2D eigenvalue weighted by Crippen LogP contribution is 2.27. The smallest absolute Gasteiger partial charge is 0.331 e. The van der Waals surface area contributed by atoms with Crippen LogP contribution in [0.3, 0.4) is 0 Å². The molecule has 28 heavy (non-hydrogen) atoms. The maximum absolute atomic E-state index is 12.0. The summed E-state index contributed by atoms with van der Waals surface area (Å²) in [7, 11) is 0. The standard InChI is InChI=1S/C20H20N2O6/c1-3-27-17-10-5-4-8-15(17)11-12-19(24)28-13-18(23)21-20-14(2)7-6-9-16(20)22(25)26/h4-12H,3,13H2,1-2H3,(H,21,23)/b12-11+. The van der Waals surface area contributed by atoms with Crippen molar-refractivity contribution < 1.29 is 24.0 Å². The van der Waals surface area contributed by atoms with Gasteiger partial charge in [0.2, 0.25) is 0 Å². The number of amides is 1. The van der Waals surface area contributed by atoms with Crippen molar-refractivity contribution in [2.75, 3.05) is 18.5 Å². The summed E-state index contributed by atoms with van der Waals surface area (Å²) in [6, 6.07) is 11.6. The van der Waals surface area contributed by atoms with Crippen LogP contribution in [0.2, 0.25) is 0 Å². The molecule has 2 rings (SSSR count). The largest absolute Gasteiger partial charge is 0.493 e. The fourth-order valence-corrected chi connectivity index (χ4v) is 2.39. The van der Waals surface area contributed by atoms with Gasteiger partial charge in [-0.1, -0.05) is 30.3 Å². The summed E-state index contributed by atoms with van der Waals surface area (Å²) in [4.78, 5) is 34.3. The Labute approximate surface area is 161 Å². The highest BCUT2D eigenvalue weighted by molar-refractivity contribution is 5.97. The van der Waals surface area contributed by atoms with Crippen molar-refractivity contribution in [2.45, 2.75) is 13.8 Å². The van der Waals surface area contributed by atoms with E-state index in [1.165, 1.54) is 24.3 Å². The van der Waals surface area contributed by atoms with Crippen LogP contribution < -0.4 is 10.1 Å². The summed E-state index contributed by atoms with van der Waals surface area (Å²) in [6.07, 6.45) is 2.71.